The van der Waals surface area contributed by atoms with Crippen LogP contribution in [0.15, 0.2) is 18.2 Å². The number of carbonyl (C=O) groups is 1. The molecule has 0 aliphatic heterocycles. The van der Waals surface area contributed by atoms with Crippen molar-refractivity contribution in [1.29, 1.82) is 0 Å². The van der Waals surface area contributed by atoms with Gasteiger partial charge in [0.2, 0.25) is 0 Å². The van der Waals surface area contributed by atoms with Gasteiger partial charge in [-0.05, 0) is 86.5 Å². The van der Waals surface area contributed by atoms with Crippen LogP contribution in [0.25, 0.3) is 0 Å². The van der Waals surface area contributed by atoms with Crippen LogP contribution < -0.4 is 5.32 Å². The van der Waals surface area contributed by atoms with Crippen LogP contribution in [-0.2, 0) is 20.7 Å². The average molecular weight is 414 g/mol. The van der Waals surface area contributed by atoms with E-state index in [0.29, 0.717) is 49.2 Å². The van der Waals surface area contributed by atoms with Gasteiger partial charge in [-0.2, -0.15) is 0 Å². The molecule has 0 radical (unpaired) electrons. The number of anilines is 1. The van der Waals surface area contributed by atoms with Gasteiger partial charge in [-0.1, -0.05) is 26.8 Å². The molecule has 1 N–H and O–H groups in total. The monoisotopic (exact) mass is 413 g/mol. The molecular weight excluding hydrogens is 374 g/mol. The number of carbonyl (C=O) groups excluding carboxylic acids is 1. The maximum absolute atomic E-state index is 13.0. The third kappa shape index (κ3) is 3.71. The van der Waals surface area contributed by atoms with Gasteiger partial charge in [0.05, 0.1) is 6.54 Å². The van der Waals surface area contributed by atoms with Crippen molar-refractivity contribution in [2.45, 2.75) is 72.5 Å². The maximum atomic E-state index is 13.0. The molecule has 1 aromatic carbocycles. The summed E-state index contributed by atoms with van der Waals surface area (Å²) >= 11 is 0. The number of fused-ring (bicyclic) bond motifs is 5. The zero-order valence-corrected chi connectivity index (χ0v) is 19.4. The number of rotatable bonds is 7. The fourth-order valence-corrected chi connectivity index (χ4v) is 7.10. The molecule has 6 atom stereocenters. The Hall–Kier alpha value is -1.39. The Morgan fingerprint density at radius 1 is 1.20 bits per heavy atom. The third-order valence-corrected chi connectivity index (χ3v) is 8.20. The summed E-state index contributed by atoms with van der Waals surface area (Å²) in [7, 11) is 0. The fourth-order valence-electron chi connectivity index (χ4n) is 7.10. The Morgan fingerprint density at radius 2 is 1.93 bits per heavy atom. The molecule has 0 heterocycles. The first-order valence-corrected chi connectivity index (χ1v) is 12.0. The van der Waals surface area contributed by atoms with Crippen LogP contribution in [0.4, 0.5) is 5.69 Å². The molecule has 2 saturated carbocycles. The lowest BCUT2D eigenvalue weighted by Gasteiger charge is -2.51. The number of Topliss-reactive ketones (excluding diaryl/α,β-unsaturated/α-hetero) is 1. The molecule has 1 aromatic rings. The largest absolute Gasteiger partial charge is 0.380 e. The van der Waals surface area contributed by atoms with Crippen molar-refractivity contribution in [1.82, 2.24) is 0 Å². The number of hydrogen-bond donors (Lipinski definition) is 1. The van der Waals surface area contributed by atoms with E-state index in [2.05, 4.69) is 44.3 Å². The van der Waals surface area contributed by atoms with Gasteiger partial charge in [0.15, 0.2) is 6.29 Å². The molecule has 0 saturated heterocycles. The standard InChI is InChI=1S/C26H39NO3/c1-6-29-23(30-7-2)15-27-19-9-11-20-18(13-19)8-10-21-22-12-16(3)25(28)26(22,5)14-17(4)24(20)21/h9,11,13,16-17,21-24,27H,6-8,10,12,14-15H2,1-5H3. The molecule has 0 amide bonds. The van der Waals surface area contributed by atoms with Gasteiger partial charge in [-0.15, -0.1) is 0 Å². The Kier molecular flexibility index (Phi) is 6.28. The van der Waals surface area contributed by atoms with E-state index >= 15 is 0 Å². The molecule has 3 aliphatic rings. The highest BCUT2D eigenvalue weighted by Crippen LogP contribution is 2.62. The summed E-state index contributed by atoms with van der Waals surface area (Å²) in [5.74, 6) is 3.13. The van der Waals surface area contributed by atoms with Crippen LogP contribution in [0.2, 0.25) is 0 Å². The zero-order valence-electron chi connectivity index (χ0n) is 19.4. The van der Waals surface area contributed by atoms with E-state index in [4.69, 9.17) is 9.47 Å². The molecule has 0 bridgehead atoms. The number of benzene rings is 1. The molecule has 3 aliphatic carbocycles. The first-order valence-electron chi connectivity index (χ1n) is 12.0. The van der Waals surface area contributed by atoms with Crippen molar-refractivity contribution in [2.24, 2.45) is 29.1 Å². The van der Waals surface area contributed by atoms with Crippen molar-refractivity contribution < 1.29 is 14.3 Å². The molecule has 4 nitrogen and oxygen atoms in total. The second-order valence-electron chi connectivity index (χ2n) is 10.1. The summed E-state index contributed by atoms with van der Waals surface area (Å²) in [5.41, 5.74) is 4.07. The van der Waals surface area contributed by atoms with E-state index in [9.17, 15) is 4.79 Å². The molecular formula is C26H39NO3. The summed E-state index contributed by atoms with van der Waals surface area (Å²) < 4.78 is 11.3. The Bertz CT molecular complexity index is 772. The van der Waals surface area contributed by atoms with Crippen LogP contribution >= 0.6 is 0 Å². The summed E-state index contributed by atoms with van der Waals surface area (Å²) in [6.07, 6.45) is 4.26. The number of aryl methyl sites for hydroxylation is 1. The van der Waals surface area contributed by atoms with E-state index < -0.39 is 0 Å². The Morgan fingerprint density at radius 3 is 2.63 bits per heavy atom. The first-order chi connectivity index (χ1) is 14.4. The second-order valence-corrected chi connectivity index (χ2v) is 10.1. The van der Waals surface area contributed by atoms with E-state index in [1.54, 1.807) is 0 Å². The van der Waals surface area contributed by atoms with Crippen LogP contribution in [0.3, 0.4) is 0 Å². The predicted molar refractivity (Wildman–Crippen MR) is 121 cm³/mol. The molecule has 0 aromatic heterocycles. The minimum atomic E-state index is -0.210. The lowest BCUT2D eigenvalue weighted by molar-refractivity contribution is -0.133. The number of ether oxygens (including phenoxy) is 2. The van der Waals surface area contributed by atoms with E-state index in [-0.39, 0.29) is 17.6 Å². The third-order valence-electron chi connectivity index (χ3n) is 8.20. The van der Waals surface area contributed by atoms with Crippen LogP contribution in [0, 0.1) is 29.1 Å². The summed E-state index contributed by atoms with van der Waals surface area (Å²) in [5, 5.41) is 3.51. The highest BCUT2D eigenvalue weighted by Gasteiger charge is 2.58. The highest BCUT2D eigenvalue weighted by atomic mass is 16.7. The highest BCUT2D eigenvalue weighted by molar-refractivity contribution is 5.89. The lowest BCUT2D eigenvalue weighted by atomic mass is 9.52. The van der Waals surface area contributed by atoms with Crippen LogP contribution in [0.1, 0.15) is 70.9 Å². The van der Waals surface area contributed by atoms with E-state index in [1.807, 2.05) is 13.8 Å². The first kappa shape index (κ1) is 21.8. The summed E-state index contributed by atoms with van der Waals surface area (Å²) in [4.78, 5) is 13.0. The van der Waals surface area contributed by atoms with Gasteiger partial charge < -0.3 is 14.8 Å². The molecule has 0 spiro atoms. The normalized spacial score (nSPS) is 35.1. The van der Waals surface area contributed by atoms with E-state index in [0.717, 1.165) is 24.9 Å². The molecule has 6 unspecified atom stereocenters. The zero-order chi connectivity index (χ0) is 21.5. The smallest absolute Gasteiger partial charge is 0.174 e. The van der Waals surface area contributed by atoms with Gasteiger partial charge in [-0.25, -0.2) is 0 Å². The van der Waals surface area contributed by atoms with Crippen molar-refractivity contribution in [2.75, 3.05) is 25.1 Å². The minimum Gasteiger partial charge on any atom is -0.380 e. The Labute approximate surface area is 182 Å². The molecule has 2 fully saturated rings. The van der Waals surface area contributed by atoms with Gasteiger partial charge in [-0.3, -0.25) is 4.79 Å². The van der Waals surface area contributed by atoms with Gasteiger partial charge in [0, 0.05) is 30.2 Å². The van der Waals surface area contributed by atoms with Crippen LogP contribution in [-0.4, -0.2) is 31.8 Å². The maximum Gasteiger partial charge on any atom is 0.174 e. The minimum absolute atomic E-state index is 0.0907. The fraction of sp³-hybridized carbons (Fsp3) is 0.731. The number of ketones is 1. The molecule has 4 heteroatoms. The summed E-state index contributed by atoms with van der Waals surface area (Å²) in [6, 6.07) is 6.91. The van der Waals surface area contributed by atoms with Crippen LogP contribution in [0.5, 0.6) is 0 Å². The van der Waals surface area contributed by atoms with E-state index in [1.165, 1.54) is 17.5 Å². The predicted octanol–water partition coefficient (Wildman–Crippen LogP) is 5.41. The number of hydrogen-bond acceptors (Lipinski definition) is 4. The molecule has 4 rings (SSSR count). The lowest BCUT2D eigenvalue weighted by Crippen LogP contribution is -2.46. The molecule has 30 heavy (non-hydrogen) atoms. The average Bonchev–Trinajstić information content (AvgIpc) is 2.95. The quantitative estimate of drug-likeness (QED) is 0.607. The number of nitrogens with one attached hydrogen (secondary N) is 1. The van der Waals surface area contributed by atoms with Gasteiger partial charge in [0.1, 0.15) is 5.78 Å². The van der Waals surface area contributed by atoms with Crippen molar-refractivity contribution in [3.05, 3.63) is 29.3 Å². The van der Waals surface area contributed by atoms with Crippen molar-refractivity contribution in [3.8, 4) is 0 Å². The topological polar surface area (TPSA) is 47.6 Å². The van der Waals surface area contributed by atoms with Crippen molar-refractivity contribution in [3.63, 3.8) is 0 Å². The summed E-state index contributed by atoms with van der Waals surface area (Å²) in [6.45, 7) is 12.8. The molecule has 166 valence electrons. The Balaban J connectivity index is 1.52. The van der Waals surface area contributed by atoms with Crippen molar-refractivity contribution >= 4 is 11.5 Å². The van der Waals surface area contributed by atoms with Gasteiger partial charge in [0.25, 0.3) is 0 Å². The van der Waals surface area contributed by atoms with Gasteiger partial charge >= 0.3 is 0 Å². The SMILES string of the molecule is CCOC(CNc1ccc2c(c1)CCC1C2C(C)CC2(C)C(=O)C(C)CC12)OCC. The second kappa shape index (κ2) is 8.63.